The van der Waals surface area contributed by atoms with Crippen molar-refractivity contribution in [3.05, 3.63) is 41.6 Å². The van der Waals surface area contributed by atoms with Crippen molar-refractivity contribution in [1.82, 2.24) is 20.5 Å². The van der Waals surface area contributed by atoms with Crippen LogP contribution >= 0.6 is 0 Å². The first-order valence-electron chi connectivity index (χ1n) is 19.2. The van der Waals surface area contributed by atoms with E-state index in [0.717, 1.165) is 24.8 Å². The van der Waals surface area contributed by atoms with Gasteiger partial charge in [-0.1, -0.05) is 25.0 Å². The number of carbonyl (C=O) groups is 4. The molecule has 1 spiro atoms. The van der Waals surface area contributed by atoms with Gasteiger partial charge in [0.25, 0.3) is 0 Å². The predicted molar refractivity (Wildman–Crippen MR) is 195 cm³/mol. The van der Waals surface area contributed by atoms with E-state index >= 15 is 0 Å². The number of allylic oxidation sites excluding steroid dienone is 1. The number of aryl methyl sites for hydroxylation is 2. The summed E-state index contributed by atoms with van der Waals surface area (Å²) >= 11 is 0. The summed E-state index contributed by atoms with van der Waals surface area (Å²) in [5.41, 5.74) is -1.33. The number of fused-ring (bicyclic) bond motifs is 5. The van der Waals surface area contributed by atoms with Gasteiger partial charge >= 0.3 is 18.2 Å². The molecule has 1 aromatic carbocycles. The Balaban J connectivity index is 1.36. The minimum Gasteiger partial charge on any atom is -0.484 e. The van der Waals surface area contributed by atoms with Gasteiger partial charge in [0.1, 0.15) is 40.3 Å². The molecule has 3 aliphatic heterocycles. The predicted octanol–water partition coefficient (Wildman–Crippen LogP) is 6.39. The number of hydrogen-bond acceptors (Lipinski definition) is 9. The molecule has 12 nitrogen and oxygen atoms in total. The average Bonchev–Trinajstić information content (AvgIpc) is 3.46. The summed E-state index contributed by atoms with van der Waals surface area (Å²) in [6.07, 6.45) is 3.95. The smallest absolute Gasteiger partial charge is 0.422 e. The van der Waals surface area contributed by atoms with Crippen molar-refractivity contribution in [2.24, 2.45) is 5.92 Å². The molecule has 2 N–H and O–H groups in total. The quantitative estimate of drug-likeness (QED) is 0.261. The van der Waals surface area contributed by atoms with Crippen molar-refractivity contribution in [2.45, 2.75) is 134 Å². The number of pyridine rings is 1. The van der Waals surface area contributed by atoms with E-state index in [1.165, 1.54) is 17.0 Å². The molecule has 300 valence electrons. The first-order chi connectivity index (χ1) is 25.9. The number of amides is 3. The number of ether oxygens (including phenoxy) is 4. The lowest BCUT2D eigenvalue weighted by Crippen LogP contribution is -2.67. The molecule has 1 saturated heterocycles. The third-order valence-corrected chi connectivity index (χ3v) is 10.9. The number of alkyl halides is 3. The summed E-state index contributed by atoms with van der Waals surface area (Å²) in [5.74, 6) is -1.35. The number of rotatable bonds is 5. The van der Waals surface area contributed by atoms with Gasteiger partial charge in [-0.05, 0) is 97.8 Å². The van der Waals surface area contributed by atoms with E-state index in [0.29, 0.717) is 60.9 Å². The molecule has 5 atom stereocenters. The Kier molecular flexibility index (Phi) is 11.3. The minimum absolute atomic E-state index is 0.00218. The number of benzene rings is 1. The molecule has 6 rings (SSSR count). The molecule has 15 heteroatoms. The largest absolute Gasteiger partial charge is 0.484 e. The third kappa shape index (κ3) is 8.80. The van der Waals surface area contributed by atoms with Gasteiger partial charge in [-0.3, -0.25) is 9.59 Å². The van der Waals surface area contributed by atoms with Crippen LogP contribution in [0.3, 0.4) is 0 Å². The van der Waals surface area contributed by atoms with Gasteiger partial charge in [-0.25, -0.2) is 14.6 Å². The van der Waals surface area contributed by atoms with E-state index in [1.807, 2.05) is 12.2 Å². The van der Waals surface area contributed by atoms with Crippen LogP contribution in [0.5, 0.6) is 11.5 Å². The number of nitrogens with one attached hydrogen (secondary N) is 2. The molecule has 55 heavy (non-hydrogen) atoms. The van der Waals surface area contributed by atoms with Gasteiger partial charge in [-0.2, -0.15) is 13.2 Å². The highest BCUT2D eigenvalue weighted by Gasteiger charge is 2.58. The van der Waals surface area contributed by atoms with Gasteiger partial charge in [-0.15, -0.1) is 0 Å². The first-order valence-corrected chi connectivity index (χ1v) is 19.2. The second-order valence-electron chi connectivity index (χ2n) is 16.2. The zero-order chi connectivity index (χ0) is 39.8. The number of halogens is 3. The summed E-state index contributed by atoms with van der Waals surface area (Å²) in [7, 11) is 0. The summed E-state index contributed by atoms with van der Waals surface area (Å²) in [4.78, 5) is 62.0. The Morgan fingerprint density at radius 2 is 1.89 bits per heavy atom. The van der Waals surface area contributed by atoms with Gasteiger partial charge in [0.05, 0.1) is 24.4 Å². The molecule has 0 radical (unpaired) electrons. The van der Waals surface area contributed by atoms with E-state index in [2.05, 4.69) is 15.6 Å². The fourth-order valence-electron chi connectivity index (χ4n) is 8.19. The van der Waals surface area contributed by atoms with Crippen LogP contribution in [-0.4, -0.2) is 88.5 Å². The van der Waals surface area contributed by atoms with Gasteiger partial charge < -0.3 is 34.5 Å². The Morgan fingerprint density at radius 1 is 1.11 bits per heavy atom. The van der Waals surface area contributed by atoms with Crippen LogP contribution in [0.1, 0.15) is 96.7 Å². The molecule has 4 aliphatic rings. The molecule has 0 bridgehead atoms. The summed E-state index contributed by atoms with van der Waals surface area (Å²) < 4.78 is 61.7. The Morgan fingerprint density at radius 3 is 2.58 bits per heavy atom. The minimum atomic E-state index is -4.51. The number of esters is 1. The standard InChI is InChI=1S/C40H51F3N4O8/c1-6-52-35(50)39-19-16-25(39)12-10-8-7-9-11-13-30(45-36(51)55-37(3,4)5)34(49)47-22-38(21-31(47)33(48)46-39)18-17-27-28-20-26(53-23-40(41,42)43)14-15-29(28)44-24(2)32(27)54-38/h10,12,14-15,20,25,30-31H,6-9,11,13,16-19,21-23H2,1-5H3,(H,45,51)(H,46,48). The highest BCUT2D eigenvalue weighted by Crippen LogP contribution is 2.46. The highest BCUT2D eigenvalue weighted by atomic mass is 19.4. The van der Waals surface area contributed by atoms with Crippen molar-refractivity contribution >= 4 is 34.8 Å². The molecule has 2 aromatic rings. The number of hydrogen-bond donors (Lipinski definition) is 2. The van der Waals surface area contributed by atoms with E-state index in [4.69, 9.17) is 18.9 Å². The molecule has 4 heterocycles. The van der Waals surface area contributed by atoms with E-state index < -0.39 is 65.5 Å². The number of nitrogens with zero attached hydrogens (tertiary/aromatic N) is 2. The number of carbonyl (C=O) groups excluding carboxylic acids is 4. The molecule has 1 aromatic heterocycles. The van der Waals surface area contributed by atoms with Crippen molar-refractivity contribution in [3.63, 3.8) is 0 Å². The summed E-state index contributed by atoms with van der Waals surface area (Å²) in [6.45, 7) is 7.35. The van der Waals surface area contributed by atoms with Crippen molar-refractivity contribution in [1.29, 1.82) is 0 Å². The van der Waals surface area contributed by atoms with Crippen LogP contribution in [0.25, 0.3) is 10.9 Å². The lowest BCUT2D eigenvalue weighted by atomic mass is 9.66. The van der Waals surface area contributed by atoms with E-state index in [1.54, 1.807) is 40.7 Å². The average molecular weight is 773 g/mol. The van der Waals surface area contributed by atoms with Crippen LogP contribution in [0.4, 0.5) is 18.0 Å². The van der Waals surface area contributed by atoms with Crippen molar-refractivity contribution < 1.29 is 51.3 Å². The zero-order valence-electron chi connectivity index (χ0n) is 32.1. The summed E-state index contributed by atoms with van der Waals surface area (Å²) in [5, 5.41) is 6.39. The molecular weight excluding hydrogens is 721 g/mol. The zero-order valence-corrected chi connectivity index (χ0v) is 32.1. The van der Waals surface area contributed by atoms with Crippen LogP contribution in [0, 0.1) is 12.8 Å². The topological polar surface area (TPSA) is 145 Å². The normalized spacial score (nSPS) is 27.3. The molecular formula is C40H51F3N4O8. The fourth-order valence-corrected chi connectivity index (χ4v) is 8.19. The molecule has 5 unspecified atom stereocenters. The molecule has 3 amide bonds. The van der Waals surface area contributed by atoms with Crippen LogP contribution in [-0.2, 0) is 30.3 Å². The lowest BCUT2D eigenvalue weighted by molar-refractivity contribution is -0.161. The first kappa shape index (κ1) is 40.1. The van der Waals surface area contributed by atoms with E-state index in [9.17, 15) is 32.3 Å². The Hall–Kier alpha value is -4.56. The SMILES string of the molecule is CCOC(=O)C12CCC1C=CCCCCCC(NC(=O)OC(C)(C)C)C(=O)N1CC3(CCc4c(c(C)nc5ccc(OCC(F)(F)F)cc45)O3)CC1C(=O)N2. The maximum atomic E-state index is 14.7. The number of aromatic nitrogens is 1. The monoisotopic (exact) mass is 772 g/mol. The second kappa shape index (κ2) is 15.5. The van der Waals surface area contributed by atoms with Crippen LogP contribution in [0.15, 0.2) is 30.4 Å². The van der Waals surface area contributed by atoms with Crippen LogP contribution < -0.4 is 20.1 Å². The summed E-state index contributed by atoms with van der Waals surface area (Å²) in [6, 6.07) is 2.49. The van der Waals surface area contributed by atoms with Gasteiger partial charge in [0.2, 0.25) is 11.8 Å². The Bertz CT molecular complexity index is 1840. The highest BCUT2D eigenvalue weighted by molar-refractivity contribution is 5.96. The lowest BCUT2D eigenvalue weighted by Gasteiger charge is -2.47. The second-order valence-corrected chi connectivity index (χ2v) is 16.2. The molecule has 1 aliphatic carbocycles. The molecule has 1 saturated carbocycles. The van der Waals surface area contributed by atoms with Crippen LogP contribution in [0.2, 0.25) is 0 Å². The van der Waals surface area contributed by atoms with Crippen molar-refractivity contribution in [2.75, 3.05) is 19.8 Å². The molecule has 2 fully saturated rings. The van der Waals surface area contributed by atoms with Crippen molar-refractivity contribution in [3.8, 4) is 11.5 Å². The van der Waals surface area contributed by atoms with E-state index in [-0.39, 0.29) is 31.2 Å². The van der Waals surface area contributed by atoms with Gasteiger partial charge in [0.15, 0.2) is 6.61 Å². The third-order valence-electron chi connectivity index (χ3n) is 10.9. The maximum absolute atomic E-state index is 14.7. The Labute approximate surface area is 318 Å². The maximum Gasteiger partial charge on any atom is 0.422 e. The van der Waals surface area contributed by atoms with Gasteiger partial charge in [0, 0.05) is 23.3 Å². The fraction of sp³-hybridized carbons (Fsp3) is 0.625. The number of alkyl carbamates (subject to hydrolysis) is 1.